The number of benzene rings is 1. The summed E-state index contributed by atoms with van der Waals surface area (Å²) in [4.78, 5) is -0.508. The van der Waals surface area contributed by atoms with Crippen molar-refractivity contribution < 1.29 is 12.8 Å². The molecule has 21 heavy (non-hydrogen) atoms. The Bertz CT molecular complexity index is 654. The van der Waals surface area contributed by atoms with Gasteiger partial charge in [-0.2, -0.15) is 0 Å². The number of sulfonamides is 1. The van der Waals surface area contributed by atoms with E-state index in [-0.39, 0.29) is 27.1 Å². The first kappa shape index (κ1) is 17.0. The van der Waals surface area contributed by atoms with Crippen LogP contribution in [0.25, 0.3) is 0 Å². The van der Waals surface area contributed by atoms with Gasteiger partial charge in [0.2, 0.25) is 10.0 Å². The van der Waals surface area contributed by atoms with E-state index in [1.807, 2.05) is 6.92 Å². The number of nitrogens with one attached hydrogen (secondary N) is 1. The van der Waals surface area contributed by atoms with E-state index in [1.54, 1.807) is 0 Å². The Kier molecular flexibility index (Phi) is 5.18. The van der Waals surface area contributed by atoms with Crippen molar-refractivity contribution in [2.24, 2.45) is 5.92 Å². The molecule has 0 spiro atoms. The molecular weight excluding hydrogens is 383 g/mol. The fraction of sp³-hybridized carbons (Fsp3) is 0.538. The smallest absolute Gasteiger partial charge is 0.243 e. The number of hydrogen-bond donors (Lipinski definition) is 2. The highest BCUT2D eigenvalue weighted by Gasteiger charge is 2.30. The third-order valence-electron chi connectivity index (χ3n) is 3.86. The monoisotopic (exact) mass is 398 g/mol. The summed E-state index contributed by atoms with van der Waals surface area (Å²) in [6.45, 7) is 1.99. The average molecular weight is 400 g/mol. The van der Waals surface area contributed by atoms with Gasteiger partial charge < -0.3 is 5.73 Å². The highest BCUT2D eigenvalue weighted by Crippen LogP contribution is 2.35. The van der Waals surface area contributed by atoms with E-state index in [2.05, 4.69) is 20.7 Å². The maximum atomic E-state index is 14.2. The van der Waals surface area contributed by atoms with Crippen molar-refractivity contribution in [3.05, 3.63) is 21.4 Å². The molecule has 118 valence electrons. The summed E-state index contributed by atoms with van der Waals surface area (Å²) in [5.41, 5.74) is 5.24. The molecule has 2 unspecified atom stereocenters. The van der Waals surface area contributed by atoms with Gasteiger partial charge in [0, 0.05) is 6.04 Å². The third-order valence-corrected chi connectivity index (χ3v) is 6.73. The first-order chi connectivity index (χ1) is 9.74. The number of nitrogen functional groups attached to an aromatic ring is 1. The number of nitrogens with two attached hydrogens (primary N) is 1. The Hall–Kier alpha value is -0.370. The quantitative estimate of drug-likeness (QED) is 0.601. The van der Waals surface area contributed by atoms with Crippen molar-refractivity contribution in [1.29, 1.82) is 0 Å². The molecule has 1 fully saturated rings. The second kappa shape index (κ2) is 6.40. The largest absolute Gasteiger partial charge is 0.395 e. The molecular formula is C13H17BrClFN2O2S. The van der Waals surface area contributed by atoms with E-state index < -0.39 is 20.7 Å². The molecule has 0 aliphatic heterocycles. The normalized spacial score (nSPS) is 23.2. The molecule has 1 aromatic rings. The summed E-state index contributed by atoms with van der Waals surface area (Å²) in [7, 11) is -4.00. The summed E-state index contributed by atoms with van der Waals surface area (Å²) in [6.07, 6.45) is 3.76. The van der Waals surface area contributed by atoms with Crippen LogP contribution in [-0.2, 0) is 10.0 Å². The van der Waals surface area contributed by atoms with E-state index in [9.17, 15) is 12.8 Å². The Balaban J connectivity index is 2.36. The van der Waals surface area contributed by atoms with E-state index >= 15 is 0 Å². The van der Waals surface area contributed by atoms with Crippen LogP contribution >= 0.6 is 27.5 Å². The third kappa shape index (κ3) is 3.52. The molecule has 1 aliphatic carbocycles. The fourth-order valence-corrected chi connectivity index (χ4v) is 4.61. The number of halogens is 3. The lowest BCUT2D eigenvalue weighted by Crippen LogP contribution is -2.41. The zero-order chi connectivity index (χ0) is 15.8. The molecule has 8 heteroatoms. The topological polar surface area (TPSA) is 72.2 Å². The van der Waals surface area contributed by atoms with E-state index in [1.165, 1.54) is 0 Å². The maximum Gasteiger partial charge on any atom is 0.243 e. The molecule has 2 rings (SSSR count). The maximum absolute atomic E-state index is 14.2. The second-order valence-corrected chi connectivity index (χ2v) is 8.27. The fourth-order valence-electron chi connectivity index (χ4n) is 2.55. The van der Waals surface area contributed by atoms with Crippen molar-refractivity contribution in [3.8, 4) is 0 Å². The van der Waals surface area contributed by atoms with Gasteiger partial charge in [-0.25, -0.2) is 17.5 Å². The van der Waals surface area contributed by atoms with Crippen molar-refractivity contribution in [1.82, 2.24) is 4.72 Å². The molecule has 3 N–H and O–H groups in total. The zero-order valence-electron chi connectivity index (χ0n) is 11.5. The molecule has 0 radical (unpaired) electrons. The van der Waals surface area contributed by atoms with Crippen LogP contribution < -0.4 is 10.5 Å². The number of hydrogen-bond acceptors (Lipinski definition) is 3. The molecule has 1 aromatic carbocycles. The Morgan fingerprint density at radius 2 is 2.05 bits per heavy atom. The Morgan fingerprint density at radius 3 is 2.67 bits per heavy atom. The molecule has 4 nitrogen and oxygen atoms in total. The van der Waals surface area contributed by atoms with Crippen LogP contribution in [0.2, 0.25) is 5.02 Å². The lowest BCUT2D eigenvalue weighted by molar-refractivity contribution is 0.310. The number of rotatable bonds is 3. The molecule has 0 heterocycles. The minimum Gasteiger partial charge on any atom is -0.395 e. The van der Waals surface area contributed by atoms with Crippen molar-refractivity contribution in [2.45, 2.75) is 43.5 Å². The highest BCUT2D eigenvalue weighted by molar-refractivity contribution is 9.10. The van der Waals surface area contributed by atoms with Gasteiger partial charge in [-0.15, -0.1) is 0 Å². The minimum atomic E-state index is -4.00. The van der Waals surface area contributed by atoms with Crippen LogP contribution in [0, 0.1) is 11.7 Å². The summed E-state index contributed by atoms with van der Waals surface area (Å²) >= 11 is 8.91. The predicted molar refractivity (Wildman–Crippen MR) is 85.3 cm³/mol. The lowest BCUT2D eigenvalue weighted by Gasteiger charge is -2.29. The minimum absolute atomic E-state index is 0.0611. The van der Waals surface area contributed by atoms with Crippen LogP contribution in [0.3, 0.4) is 0 Å². The molecule has 0 amide bonds. The molecule has 0 bridgehead atoms. The molecule has 1 aliphatic rings. The van der Waals surface area contributed by atoms with E-state index in [4.69, 9.17) is 17.3 Å². The van der Waals surface area contributed by atoms with Gasteiger partial charge in [-0.1, -0.05) is 31.4 Å². The van der Waals surface area contributed by atoms with Crippen molar-refractivity contribution in [3.63, 3.8) is 0 Å². The van der Waals surface area contributed by atoms with Gasteiger partial charge in [-0.3, -0.25) is 0 Å². The predicted octanol–water partition coefficient (Wildman–Crippen LogP) is 3.68. The first-order valence-corrected chi connectivity index (χ1v) is 9.34. The lowest BCUT2D eigenvalue weighted by atomic mass is 9.87. The second-order valence-electron chi connectivity index (χ2n) is 5.39. The summed E-state index contributed by atoms with van der Waals surface area (Å²) in [6, 6.07) is 0.888. The van der Waals surface area contributed by atoms with E-state index in [0.717, 1.165) is 31.7 Å². The summed E-state index contributed by atoms with van der Waals surface area (Å²) in [5.74, 6) is -0.762. The van der Waals surface area contributed by atoms with Crippen LogP contribution in [0.4, 0.5) is 10.1 Å². The van der Waals surface area contributed by atoms with Crippen LogP contribution in [-0.4, -0.2) is 14.5 Å². The highest BCUT2D eigenvalue weighted by atomic mass is 79.9. The van der Waals surface area contributed by atoms with Crippen molar-refractivity contribution in [2.75, 3.05) is 5.73 Å². The SMILES string of the molecule is CC1CCCCC1NS(=O)(=O)c1cc(Cl)c(Br)c(N)c1F. The summed E-state index contributed by atoms with van der Waals surface area (Å²) in [5, 5.41) is 0.0611. The molecule has 1 saturated carbocycles. The molecule has 0 aromatic heterocycles. The average Bonchev–Trinajstić information content (AvgIpc) is 2.42. The standard InChI is InChI=1S/C13H17BrClFN2O2S/c1-7-4-2-3-5-9(7)18-21(19,20)10-6-8(15)11(14)13(17)12(10)16/h6-7,9,18H,2-5,17H2,1H3. The van der Waals surface area contributed by atoms with Gasteiger partial charge in [-0.05, 0) is 40.8 Å². The van der Waals surface area contributed by atoms with Gasteiger partial charge >= 0.3 is 0 Å². The molecule has 0 saturated heterocycles. The van der Waals surface area contributed by atoms with Gasteiger partial charge in [0.1, 0.15) is 4.90 Å². The van der Waals surface area contributed by atoms with Crippen LogP contribution in [0.5, 0.6) is 0 Å². The van der Waals surface area contributed by atoms with Crippen LogP contribution in [0.15, 0.2) is 15.4 Å². The molecule has 2 atom stereocenters. The van der Waals surface area contributed by atoms with Crippen LogP contribution in [0.1, 0.15) is 32.6 Å². The number of anilines is 1. The van der Waals surface area contributed by atoms with Gasteiger partial charge in [0.15, 0.2) is 5.82 Å². The van der Waals surface area contributed by atoms with E-state index in [0.29, 0.717) is 0 Å². The summed E-state index contributed by atoms with van der Waals surface area (Å²) < 4.78 is 41.7. The van der Waals surface area contributed by atoms with Gasteiger partial charge in [0.25, 0.3) is 0 Å². The Labute approximate surface area is 137 Å². The Morgan fingerprint density at radius 1 is 1.43 bits per heavy atom. The zero-order valence-corrected chi connectivity index (χ0v) is 14.7. The van der Waals surface area contributed by atoms with Crippen molar-refractivity contribution >= 4 is 43.2 Å². The van der Waals surface area contributed by atoms with Gasteiger partial charge in [0.05, 0.1) is 15.2 Å². The first-order valence-electron chi connectivity index (χ1n) is 6.69.